The molecule has 37 heavy (non-hydrogen) atoms. The van der Waals surface area contributed by atoms with E-state index in [1.807, 2.05) is 11.0 Å². The molecule has 0 saturated carbocycles. The maximum Gasteiger partial charge on any atom is 0.309 e. The minimum absolute atomic E-state index is 0.0737. The summed E-state index contributed by atoms with van der Waals surface area (Å²) in [6, 6.07) is 5.29. The van der Waals surface area contributed by atoms with Gasteiger partial charge in [-0.15, -0.1) is 0 Å². The number of methoxy groups -OCH3 is 3. The van der Waals surface area contributed by atoms with Crippen molar-refractivity contribution >= 4 is 23.6 Å². The Morgan fingerprint density at radius 1 is 1.14 bits per heavy atom. The number of fused-ring (bicyclic) bond motifs is 1. The highest BCUT2D eigenvalue weighted by molar-refractivity contribution is 5.98. The van der Waals surface area contributed by atoms with Crippen molar-refractivity contribution in [3.05, 3.63) is 33.6 Å². The van der Waals surface area contributed by atoms with Gasteiger partial charge in [0.25, 0.3) is 5.56 Å². The quantitative estimate of drug-likeness (QED) is 0.526. The highest BCUT2D eigenvalue weighted by atomic mass is 16.5. The number of aromatic amines is 1. The van der Waals surface area contributed by atoms with Crippen LogP contribution in [0.5, 0.6) is 17.2 Å². The molecule has 1 aromatic carbocycles. The van der Waals surface area contributed by atoms with E-state index in [1.165, 1.54) is 21.3 Å². The lowest BCUT2D eigenvalue weighted by Crippen LogP contribution is -2.41. The second-order valence-electron chi connectivity index (χ2n) is 8.66. The zero-order valence-corrected chi connectivity index (χ0v) is 21.1. The van der Waals surface area contributed by atoms with Crippen LogP contribution in [0.25, 0.3) is 0 Å². The monoisotopic (exact) mass is 511 g/mol. The van der Waals surface area contributed by atoms with Gasteiger partial charge >= 0.3 is 5.97 Å². The first-order chi connectivity index (χ1) is 17.9. The van der Waals surface area contributed by atoms with Crippen molar-refractivity contribution in [2.75, 3.05) is 51.2 Å². The number of benzene rings is 1. The number of nitrogens with zero attached hydrogens (tertiary/aromatic N) is 3. The molecular weight excluding hydrogens is 482 g/mol. The maximum absolute atomic E-state index is 13.5. The van der Waals surface area contributed by atoms with E-state index in [0.717, 1.165) is 0 Å². The number of anilines is 2. The molecule has 0 radical (unpaired) electrons. The topological polar surface area (TPSA) is 156 Å². The summed E-state index contributed by atoms with van der Waals surface area (Å²) < 4.78 is 21.5. The van der Waals surface area contributed by atoms with Crippen LogP contribution < -0.4 is 30.0 Å². The molecule has 0 spiro atoms. The lowest BCUT2D eigenvalue weighted by Gasteiger charge is -2.33. The minimum Gasteiger partial charge on any atom is -0.493 e. The van der Waals surface area contributed by atoms with Crippen LogP contribution in [0, 0.1) is 23.2 Å². The van der Waals surface area contributed by atoms with Crippen LogP contribution in [0.15, 0.2) is 16.9 Å². The van der Waals surface area contributed by atoms with Crippen LogP contribution in [-0.2, 0) is 14.3 Å². The van der Waals surface area contributed by atoms with Crippen LogP contribution in [0.4, 0.5) is 11.8 Å². The fraction of sp³-hybridized carbons (Fsp3) is 0.480. The van der Waals surface area contributed by atoms with Gasteiger partial charge < -0.3 is 29.2 Å². The predicted octanol–water partition coefficient (Wildman–Crippen LogP) is 1.80. The number of amides is 1. The van der Waals surface area contributed by atoms with Crippen molar-refractivity contribution < 1.29 is 28.5 Å². The molecule has 2 aliphatic rings. The molecular formula is C25H29N5O7. The van der Waals surface area contributed by atoms with Crippen LogP contribution >= 0.6 is 0 Å². The van der Waals surface area contributed by atoms with E-state index in [-0.39, 0.29) is 40.7 Å². The van der Waals surface area contributed by atoms with E-state index in [1.54, 1.807) is 19.1 Å². The summed E-state index contributed by atoms with van der Waals surface area (Å²) in [6.45, 7) is 3.05. The SMILES string of the molecule is CCOC(=O)C1CCN(c2nc3c(c(=O)[nH]2)C(c2ccc(OC)c(OC)c2OC)C(C#N)C(=O)N3)CC1. The van der Waals surface area contributed by atoms with E-state index in [4.69, 9.17) is 18.9 Å². The Kier molecular flexibility index (Phi) is 7.52. The maximum atomic E-state index is 13.5. The Hall–Kier alpha value is -4.27. The molecule has 2 N–H and O–H groups in total. The molecule has 3 heterocycles. The van der Waals surface area contributed by atoms with E-state index in [0.29, 0.717) is 43.9 Å². The van der Waals surface area contributed by atoms with Gasteiger partial charge in [0.2, 0.25) is 17.6 Å². The number of rotatable bonds is 7. The normalized spacial score (nSPS) is 19.3. The van der Waals surface area contributed by atoms with Crippen molar-refractivity contribution in [1.29, 1.82) is 5.26 Å². The molecule has 2 aromatic rings. The minimum atomic E-state index is -1.21. The lowest BCUT2D eigenvalue weighted by atomic mass is 9.78. The standard InChI is InChI=1S/C25H29N5O7/c1-5-37-24(33)13-8-10-30(11-9-13)25-28-21-18(23(32)29-25)17(15(12-26)22(31)27-21)14-6-7-16(34-2)20(36-4)19(14)35-3/h6-7,13,15,17H,5,8-11H2,1-4H3,(H2,27,28,29,31,32). The number of carbonyl (C=O) groups excluding carboxylic acids is 2. The number of ether oxygens (including phenoxy) is 4. The fourth-order valence-corrected chi connectivity index (χ4v) is 4.94. The number of carbonyl (C=O) groups is 2. The first-order valence-electron chi connectivity index (χ1n) is 11.9. The number of nitrogens with one attached hydrogen (secondary N) is 2. The second-order valence-corrected chi connectivity index (χ2v) is 8.66. The van der Waals surface area contributed by atoms with Crippen LogP contribution in [0.3, 0.4) is 0 Å². The molecule has 2 atom stereocenters. The molecule has 12 nitrogen and oxygen atoms in total. The number of hydrogen-bond donors (Lipinski definition) is 2. The van der Waals surface area contributed by atoms with Crippen LogP contribution in [0.1, 0.15) is 36.8 Å². The molecule has 1 amide bonds. The van der Waals surface area contributed by atoms with Gasteiger partial charge in [-0.1, -0.05) is 6.07 Å². The molecule has 4 rings (SSSR count). The van der Waals surface area contributed by atoms with E-state index in [2.05, 4.69) is 15.3 Å². The molecule has 12 heteroatoms. The average molecular weight is 512 g/mol. The molecule has 0 aliphatic carbocycles. The van der Waals surface area contributed by atoms with E-state index < -0.39 is 23.3 Å². The average Bonchev–Trinajstić information content (AvgIpc) is 2.91. The molecule has 1 saturated heterocycles. The molecule has 1 aromatic heterocycles. The highest BCUT2D eigenvalue weighted by Crippen LogP contribution is 2.48. The third-order valence-electron chi connectivity index (χ3n) is 6.73. The number of H-pyrrole nitrogens is 1. The Balaban J connectivity index is 1.75. The van der Waals surface area contributed by atoms with Gasteiger partial charge in [-0.05, 0) is 25.8 Å². The Morgan fingerprint density at radius 2 is 1.84 bits per heavy atom. The lowest BCUT2D eigenvalue weighted by molar-refractivity contribution is -0.148. The first kappa shape index (κ1) is 25.8. The summed E-state index contributed by atoms with van der Waals surface area (Å²) in [5.74, 6) is -1.93. The summed E-state index contributed by atoms with van der Waals surface area (Å²) in [7, 11) is 4.35. The van der Waals surface area contributed by atoms with Crippen molar-refractivity contribution in [2.45, 2.75) is 25.7 Å². The number of piperidine rings is 1. The number of nitriles is 1. The Morgan fingerprint density at radius 3 is 2.43 bits per heavy atom. The highest BCUT2D eigenvalue weighted by Gasteiger charge is 2.42. The zero-order valence-electron chi connectivity index (χ0n) is 21.1. The Labute approximate surface area is 213 Å². The van der Waals surface area contributed by atoms with Crippen LogP contribution in [-0.4, -0.2) is 62.9 Å². The summed E-state index contributed by atoms with van der Waals surface area (Å²) in [6.07, 6.45) is 1.10. The fourth-order valence-electron chi connectivity index (χ4n) is 4.94. The Bertz CT molecular complexity index is 1290. The third kappa shape index (κ3) is 4.64. The van der Waals surface area contributed by atoms with Gasteiger partial charge in [-0.2, -0.15) is 10.2 Å². The number of hydrogen-bond acceptors (Lipinski definition) is 10. The molecule has 0 bridgehead atoms. The number of esters is 1. The van der Waals surface area contributed by atoms with Gasteiger partial charge in [0.05, 0.1) is 45.5 Å². The van der Waals surface area contributed by atoms with Crippen molar-refractivity contribution in [2.24, 2.45) is 11.8 Å². The largest absolute Gasteiger partial charge is 0.493 e. The van der Waals surface area contributed by atoms with Gasteiger partial charge in [0.1, 0.15) is 11.7 Å². The zero-order chi connectivity index (χ0) is 26.7. The molecule has 2 aliphatic heterocycles. The predicted molar refractivity (Wildman–Crippen MR) is 132 cm³/mol. The second kappa shape index (κ2) is 10.8. The summed E-state index contributed by atoms with van der Waals surface area (Å²) in [4.78, 5) is 47.7. The summed E-state index contributed by atoms with van der Waals surface area (Å²) in [5, 5.41) is 12.5. The van der Waals surface area contributed by atoms with Crippen LogP contribution in [0.2, 0.25) is 0 Å². The van der Waals surface area contributed by atoms with Crippen molar-refractivity contribution in [1.82, 2.24) is 9.97 Å². The van der Waals surface area contributed by atoms with Gasteiger partial charge in [-0.25, -0.2) is 0 Å². The summed E-state index contributed by atoms with van der Waals surface area (Å²) in [5.41, 5.74) is 0.0644. The van der Waals surface area contributed by atoms with Gasteiger partial charge in [0.15, 0.2) is 11.5 Å². The first-order valence-corrected chi connectivity index (χ1v) is 11.9. The van der Waals surface area contributed by atoms with Gasteiger partial charge in [0, 0.05) is 24.6 Å². The molecule has 196 valence electrons. The van der Waals surface area contributed by atoms with E-state index >= 15 is 0 Å². The molecule has 1 fully saturated rings. The smallest absolute Gasteiger partial charge is 0.309 e. The van der Waals surface area contributed by atoms with Gasteiger partial charge in [-0.3, -0.25) is 19.4 Å². The summed E-state index contributed by atoms with van der Waals surface area (Å²) >= 11 is 0. The van der Waals surface area contributed by atoms with E-state index in [9.17, 15) is 19.6 Å². The van der Waals surface area contributed by atoms with Crippen molar-refractivity contribution in [3.63, 3.8) is 0 Å². The third-order valence-corrected chi connectivity index (χ3v) is 6.73. The molecule has 2 unspecified atom stereocenters. The number of aromatic nitrogens is 2. The van der Waals surface area contributed by atoms with Crippen molar-refractivity contribution in [3.8, 4) is 23.3 Å².